The van der Waals surface area contributed by atoms with E-state index in [1.54, 1.807) is 12.5 Å². The Bertz CT molecular complexity index is 707. The van der Waals surface area contributed by atoms with Gasteiger partial charge < -0.3 is 4.57 Å². The van der Waals surface area contributed by atoms with Crippen molar-refractivity contribution < 1.29 is 4.39 Å². The van der Waals surface area contributed by atoms with Crippen LogP contribution in [-0.4, -0.2) is 41.2 Å². The number of halogens is 2. The van der Waals surface area contributed by atoms with Gasteiger partial charge in [-0.3, -0.25) is 0 Å². The van der Waals surface area contributed by atoms with Gasteiger partial charge in [0.05, 0.1) is 25.6 Å². The number of hydrogen-bond donors (Lipinski definition) is 0. The van der Waals surface area contributed by atoms with E-state index in [-0.39, 0.29) is 6.54 Å². The van der Waals surface area contributed by atoms with Crippen molar-refractivity contribution in [2.75, 3.05) is 6.67 Å². The molecule has 3 aromatic heterocycles. The maximum Gasteiger partial charge on any atom is 0.164 e. The molecular weight excluding hydrogens is 316 g/mol. The molecule has 0 unspecified atom stereocenters. The van der Waals surface area contributed by atoms with Crippen molar-refractivity contribution in [3.05, 3.63) is 29.1 Å². The fourth-order valence-corrected chi connectivity index (χ4v) is 2.12. The summed E-state index contributed by atoms with van der Waals surface area (Å²) in [6.07, 6.45) is 4.84. The topological polar surface area (TPSA) is 74.3 Å². The van der Waals surface area contributed by atoms with Crippen LogP contribution in [-0.2, 0) is 13.1 Å². The number of alkyl halides is 1. The average molecular weight is 325 g/mol. The number of hydrogen-bond acceptors (Lipinski definition) is 5. The van der Waals surface area contributed by atoms with E-state index in [2.05, 4.69) is 41.2 Å². The van der Waals surface area contributed by atoms with Gasteiger partial charge in [-0.05, 0) is 15.9 Å². The highest BCUT2D eigenvalue weighted by molar-refractivity contribution is 9.10. The summed E-state index contributed by atoms with van der Waals surface area (Å²) >= 11 is 3.32. The standard InChI is InChI=1S/C10H9BrFN7/c11-9-8-10(14-5-13-9)18(6-15-8)3-7-4-19(2-1-12)17-16-7/h4-6H,1-3H2/i12-1. The molecule has 0 N–H and O–H groups in total. The van der Waals surface area contributed by atoms with Crippen molar-refractivity contribution in [2.45, 2.75) is 13.1 Å². The van der Waals surface area contributed by atoms with Gasteiger partial charge in [0.2, 0.25) is 0 Å². The number of imidazole rings is 1. The van der Waals surface area contributed by atoms with Crippen molar-refractivity contribution in [1.82, 2.24) is 34.5 Å². The zero-order chi connectivity index (χ0) is 13.2. The molecule has 0 aromatic carbocycles. The van der Waals surface area contributed by atoms with E-state index >= 15 is 0 Å². The van der Waals surface area contributed by atoms with Gasteiger partial charge >= 0.3 is 0 Å². The first-order valence-electron chi connectivity index (χ1n) is 5.54. The van der Waals surface area contributed by atoms with E-state index in [1.807, 2.05) is 4.57 Å². The fraction of sp³-hybridized carbons (Fsp3) is 0.300. The number of aryl methyl sites for hydroxylation is 1. The van der Waals surface area contributed by atoms with Gasteiger partial charge in [0.1, 0.15) is 28.8 Å². The second-order valence-corrected chi connectivity index (χ2v) is 4.62. The second kappa shape index (κ2) is 5.00. The van der Waals surface area contributed by atoms with Crippen molar-refractivity contribution in [3.8, 4) is 0 Å². The minimum absolute atomic E-state index is 0.214. The summed E-state index contributed by atoms with van der Waals surface area (Å²) in [7, 11) is 0. The van der Waals surface area contributed by atoms with Crippen LogP contribution in [0.15, 0.2) is 23.5 Å². The van der Waals surface area contributed by atoms with Crippen LogP contribution in [0.1, 0.15) is 5.69 Å². The molecule has 0 amide bonds. The maximum absolute atomic E-state index is 12.2. The summed E-state index contributed by atoms with van der Waals surface area (Å²) in [5.41, 5.74) is 2.13. The third-order valence-electron chi connectivity index (χ3n) is 2.59. The van der Waals surface area contributed by atoms with Crippen LogP contribution in [0.4, 0.5) is 4.39 Å². The predicted octanol–water partition coefficient (Wildman–Crippen LogP) is 1.20. The van der Waals surface area contributed by atoms with E-state index in [1.165, 1.54) is 11.0 Å². The Kier molecular flexibility index (Phi) is 3.20. The average Bonchev–Trinajstić information content (AvgIpc) is 3.00. The van der Waals surface area contributed by atoms with E-state index in [4.69, 9.17) is 0 Å². The summed E-state index contributed by atoms with van der Waals surface area (Å²) in [5, 5.41) is 7.82. The van der Waals surface area contributed by atoms with E-state index < -0.39 is 6.67 Å². The van der Waals surface area contributed by atoms with Crippen molar-refractivity contribution in [2.24, 2.45) is 0 Å². The van der Waals surface area contributed by atoms with Crippen LogP contribution in [0.3, 0.4) is 0 Å². The number of nitrogens with zero attached hydrogens (tertiary/aromatic N) is 7. The monoisotopic (exact) mass is 324 g/mol. The Labute approximate surface area is 115 Å². The summed E-state index contributed by atoms with van der Waals surface area (Å²) in [5.74, 6) is 0. The Balaban J connectivity index is 1.90. The zero-order valence-electron chi connectivity index (χ0n) is 9.74. The Morgan fingerprint density at radius 2 is 2.16 bits per heavy atom. The molecule has 98 valence electrons. The van der Waals surface area contributed by atoms with Crippen LogP contribution in [0.2, 0.25) is 0 Å². The maximum atomic E-state index is 12.2. The lowest BCUT2D eigenvalue weighted by molar-refractivity contribution is 0.422. The number of rotatable bonds is 4. The molecule has 3 rings (SSSR count). The lowest BCUT2D eigenvalue weighted by Crippen LogP contribution is -2.00. The lowest BCUT2D eigenvalue weighted by atomic mass is 10.4. The largest absolute Gasteiger partial charge is 0.309 e. The molecule has 0 spiro atoms. The number of fused-ring (bicyclic) bond motifs is 1. The molecule has 0 atom stereocenters. The van der Waals surface area contributed by atoms with Gasteiger partial charge in [-0.15, -0.1) is 5.10 Å². The van der Waals surface area contributed by atoms with Crippen LogP contribution < -0.4 is 0 Å². The van der Waals surface area contributed by atoms with Crippen LogP contribution >= 0.6 is 15.9 Å². The number of aromatic nitrogens is 7. The summed E-state index contributed by atoms with van der Waals surface area (Å²) in [4.78, 5) is 12.4. The van der Waals surface area contributed by atoms with Gasteiger partial charge in [0.15, 0.2) is 5.65 Å². The van der Waals surface area contributed by atoms with E-state index in [9.17, 15) is 4.39 Å². The summed E-state index contributed by atoms with van der Waals surface area (Å²) in [6.45, 7) is 0.231. The SMILES string of the molecule is [18F]CCn1cc(Cn2cnc3c(Br)ncnc32)nn1. The lowest BCUT2D eigenvalue weighted by Gasteiger charge is -1.99. The Hall–Kier alpha value is -1.90. The van der Waals surface area contributed by atoms with Crippen molar-refractivity contribution in [1.29, 1.82) is 0 Å². The molecule has 3 heterocycles. The molecule has 3 aromatic rings. The van der Waals surface area contributed by atoms with Crippen LogP contribution in [0, 0.1) is 0 Å². The van der Waals surface area contributed by atoms with Gasteiger partial charge in [0, 0.05) is 0 Å². The Morgan fingerprint density at radius 3 is 3.00 bits per heavy atom. The molecule has 0 aliphatic heterocycles. The van der Waals surface area contributed by atoms with Crippen LogP contribution in [0.25, 0.3) is 11.2 Å². The molecule has 0 saturated heterocycles. The molecule has 0 fully saturated rings. The van der Waals surface area contributed by atoms with Crippen molar-refractivity contribution in [3.63, 3.8) is 0 Å². The fourth-order valence-electron chi connectivity index (χ4n) is 1.75. The molecular formula is C10H9BrFN7. The van der Waals surface area contributed by atoms with Gasteiger partial charge in [-0.1, -0.05) is 5.21 Å². The van der Waals surface area contributed by atoms with Gasteiger partial charge in [0.25, 0.3) is 0 Å². The van der Waals surface area contributed by atoms with Crippen LogP contribution in [0.5, 0.6) is 0 Å². The van der Waals surface area contributed by atoms with Gasteiger partial charge in [-0.25, -0.2) is 24.0 Å². The molecule has 0 bridgehead atoms. The summed E-state index contributed by atoms with van der Waals surface area (Å²) < 4.78 is 16.2. The molecule has 0 saturated carbocycles. The first-order valence-corrected chi connectivity index (χ1v) is 6.33. The molecule has 19 heavy (non-hydrogen) atoms. The first kappa shape index (κ1) is 12.2. The second-order valence-electron chi connectivity index (χ2n) is 3.87. The minimum Gasteiger partial charge on any atom is -0.309 e. The molecule has 0 aliphatic carbocycles. The molecule has 0 radical (unpaired) electrons. The molecule has 0 aliphatic rings. The highest BCUT2D eigenvalue weighted by Crippen LogP contribution is 2.18. The highest BCUT2D eigenvalue weighted by atomic mass is 79.9. The normalized spacial score (nSPS) is 11.3. The first-order chi connectivity index (χ1) is 9.28. The third-order valence-corrected chi connectivity index (χ3v) is 3.17. The van der Waals surface area contributed by atoms with Crippen molar-refractivity contribution >= 4 is 27.1 Å². The minimum atomic E-state index is -0.461. The van der Waals surface area contributed by atoms with Gasteiger partial charge in [-0.2, -0.15) is 0 Å². The molecule has 9 heteroatoms. The zero-order valence-corrected chi connectivity index (χ0v) is 11.3. The smallest absolute Gasteiger partial charge is 0.164 e. The predicted molar refractivity (Wildman–Crippen MR) is 68.1 cm³/mol. The van der Waals surface area contributed by atoms with E-state index in [0.717, 1.165) is 5.69 Å². The Morgan fingerprint density at radius 1 is 1.26 bits per heavy atom. The highest BCUT2D eigenvalue weighted by Gasteiger charge is 2.09. The van der Waals surface area contributed by atoms with E-state index in [0.29, 0.717) is 22.3 Å². The molecule has 7 nitrogen and oxygen atoms in total. The summed E-state index contributed by atoms with van der Waals surface area (Å²) in [6, 6.07) is 0. The third kappa shape index (κ3) is 2.33. The quantitative estimate of drug-likeness (QED) is 0.674.